The van der Waals surface area contributed by atoms with E-state index in [1.165, 1.54) is 0 Å². The van der Waals surface area contributed by atoms with Gasteiger partial charge in [0.05, 0.1) is 24.4 Å². The van der Waals surface area contributed by atoms with Gasteiger partial charge in [-0.25, -0.2) is 0 Å². The van der Waals surface area contributed by atoms with Gasteiger partial charge in [-0.15, -0.1) is 0 Å². The zero-order chi connectivity index (χ0) is 21.3. The van der Waals surface area contributed by atoms with Gasteiger partial charge < -0.3 is 15.0 Å². The molecular formula is C23H24N4O3. The Kier molecular flexibility index (Phi) is 5.27. The normalized spacial score (nSPS) is 16.0. The minimum Gasteiger partial charge on any atom is -0.495 e. The monoisotopic (exact) mass is 404 g/mol. The van der Waals surface area contributed by atoms with Crippen LogP contribution in [0.5, 0.6) is 5.75 Å². The van der Waals surface area contributed by atoms with Crippen molar-refractivity contribution in [2.24, 2.45) is 13.0 Å². The average Bonchev–Trinajstić information content (AvgIpc) is 3.27. The topological polar surface area (TPSA) is 76.5 Å². The number of aromatic nitrogens is 2. The molecule has 0 spiro atoms. The Hall–Kier alpha value is -3.61. The highest BCUT2D eigenvalue weighted by atomic mass is 16.5. The second-order valence-corrected chi connectivity index (χ2v) is 7.37. The molecule has 0 aliphatic carbocycles. The fourth-order valence-corrected chi connectivity index (χ4v) is 3.94. The average molecular weight is 404 g/mol. The van der Waals surface area contributed by atoms with Gasteiger partial charge in [0.1, 0.15) is 11.6 Å². The summed E-state index contributed by atoms with van der Waals surface area (Å²) < 4.78 is 7.05. The van der Waals surface area contributed by atoms with E-state index in [-0.39, 0.29) is 18.2 Å². The second-order valence-electron chi connectivity index (χ2n) is 7.37. The van der Waals surface area contributed by atoms with Crippen LogP contribution in [0.1, 0.15) is 12.1 Å². The third kappa shape index (κ3) is 3.54. The number of nitrogens with one attached hydrogen (secondary N) is 1. The van der Waals surface area contributed by atoms with Crippen LogP contribution in [0.2, 0.25) is 0 Å². The molecule has 1 aliphatic rings. The summed E-state index contributed by atoms with van der Waals surface area (Å²) >= 11 is 0. The van der Waals surface area contributed by atoms with Gasteiger partial charge in [-0.3, -0.25) is 14.3 Å². The summed E-state index contributed by atoms with van der Waals surface area (Å²) in [6, 6.07) is 17.2. The van der Waals surface area contributed by atoms with Gasteiger partial charge in [0, 0.05) is 25.6 Å². The summed E-state index contributed by atoms with van der Waals surface area (Å²) in [4.78, 5) is 27.3. The van der Waals surface area contributed by atoms with Crippen molar-refractivity contribution in [2.45, 2.75) is 13.3 Å². The molecule has 4 rings (SSSR count). The number of para-hydroxylation sites is 2. The predicted molar refractivity (Wildman–Crippen MR) is 115 cm³/mol. The van der Waals surface area contributed by atoms with E-state index >= 15 is 0 Å². The van der Waals surface area contributed by atoms with Gasteiger partial charge in [-0.1, -0.05) is 42.5 Å². The lowest BCUT2D eigenvalue weighted by atomic mass is 10.0. The summed E-state index contributed by atoms with van der Waals surface area (Å²) in [5.74, 6) is 0.499. The van der Waals surface area contributed by atoms with E-state index in [1.54, 1.807) is 29.8 Å². The first kappa shape index (κ1) is 19.7. The molecule has 1 aromatic heterocycles. The van der Waals surface area contributed by atoms with Crippen molar-refractivity contribution in [1.82, 2.24) is 9.78 Å². The number of nitrogens with zero attached hydrogens (tertiary/aromatic N) is 3. The molecule has 7 heteroatoms. The largest absolute Gasteiger partial charge is 0.495 e. The Balaban J connectivity index is 1.57. The van der Waals surface area contributed by atoms with Crippen LogP contribution in [0, 0.1) is 12.8 Å². The molecule has 1 aliphatic heterocycles. The van der Waals surface area contributed by atoms with Crippen LogP contribution < -0.4 is 15.0 Å². The molecule has 2 aromatic carbocycles. The van der Waals surface area contributed by atoms with Gasteiger partial charge in [-0.05, 0) is 24.6 Å². The first-order valence-electron chi connectivity index (χ1n) is 9.83. The second kappa shape index (κ2) is 8.02. The minimum absolute atomic E-state index is 0.0934. The van der Waals surface area contributed by atoms with E-state index in [9.17, 15) is 9.59 Å². The zero-order valence-electron chi connectivity index (χ0n) is 17.3. The van der Waals surface area contributed by atoms with Crippen molar-refractivity contribution in [2.75, 3.05) is 23.9 Å². The predicted octanol–water partition coefficient (Wildman–Crippen LogP) is 3.40. The van der Waals surface area contributed by atoms with E-state index < -0.39 is 5.92 Å². The van der Waals surface area contributed by atoms with Gasteiger partial charge in [0.15, 0.2) is 0 Å². The van der Waals surface area contributed by atoms with Crippen molar-refractivity contribution in [1.29, 1.82) is 0 Å². The number of aryl methyl sites for hydroxylation is 2. The van der Waals surface area contributed by atoms with Crippen LogP contribution in [0.3, 0.4) is 0 Å². The molecule has 1 saturated heterocycles. The number of amides is 2. The summed E-state index contributed by atoms with van der Waals surface area (Å²) in [5.41, 5.74) is 3.38. The van der Waals surface area contributed by atoms with E-state index in [0.717, 1.165) is 16.8 Å². The molecule has 1 fully saturated rings. The first-order valence-corrected chi connectivity index (χ1v) is 9.83. The van der Waals surface area contributed by atoms with Crippen LogP contribution >= 0.6 is 0 Å². The van der Waals surface area contributed by atoms with Gasteiger partial charge in [-0.2, -0.15) is 5.10 Å². The lowest BCUT2D eigenvalue weighted by molar-refractivity contribution is -0.122. The van der Waals surface area contributed by atoms with Gasteiger partial charge in [0.2, 0.25) is 11.8 Å². The van der Waals surface area contributed by atoms with Crippen molar-refractivity contribution in [3.05, 3.63) is 60.3 Å². The molecule has 2 heterocycles. The quantitative estimate of drug-likeness (QED) is 0.707. The third-order valence-corrected chi connectivity index (χ3v) is 5.40. The Morgan fingerprint density at radius 3 is 2.57 bits per heavy atom. The van der Waals surface area contributed by atoms with Crippen molar-refractivity contribution in [3.63, 3.8) is 0 Å². The zero-order valence-corrected chi connectivity index (χ0v) is 17.3. The number of carbonyl (C=O) groups excluding carboxylic acids is 2. The van der Waals surface area contributed by atoms with E-state index in [4.69, 9.17) is 4.74 Å². The molecule has 154 valence electrons. The molecule has 0 saturated carbocycles. The molecule has 30 heavy (non-hydrogen) atoms. The van der Waals surface area contributed by atoms with Crippen LogP contribution in [0.25, 0.3) is 11.1 Å². The molecule has 2 amide bonds. The molecule has 1 N–H and O–H groups in total. The van der Waals surface area contributed by atoms with Crippen LogP contribution in [0.4, 0.5) is 11.5 Å². The van der Waals surface area contributed by atoms with Gasteiger partial charge in [0.25, 0.3) is 0 Å². The smallest absolute Gasteiger partial charge is 0.230 e. The van der Waals surface area contributed by atoms with E-state index in [0.29, 0.717) is 23.8 Å². The third-order valence-electron chi connectivity index (χ3n) is 5.40. The summed E-state index contributed by atoms with van der Waals surface area (Å²) in [5, 5.41) is 7.49. The van der Waals surface area contributed by atoms with Crippen LogP contribution in [-0.2, 0) is 16.6 Å². The fraction of sp³-hybridized carbons (Fsp3) is 0.261. The molecule has 0 radical (unpaired) electrons. The lowest BCUT2D eigenvalue weighted by Gasteiger charge is -2.19. The Labute approximate surface area is 175 Å². The molecule has 1 unspecified atom stereocenters. The molecular weight excluding hydrogens is 380 g/mol. The maximum Gasteiger partial charge on any atom is 0.230 e. The first-order chi connectivity index (χ1) is 14.5. The standard InChI is InChI=1S/C23H24N4O3/c1-15-21(16-9-5-4-6-10-16)22(26(2)25-15)24-23(29)17-13-20(28)27(14-17)18-11-7-8-12-19(18)30-3/h4-12,17H,13-14H2,1-3H3,(H,24,29). The molecule has 3 aromatic rings. The summed E-state index contributed by atoms with van der Waals surface area (Å²) in [7, 11) is 3.37. The van der Waals surface area contributed by atoms with Crippen molar-refractivity contribution in [3.8, 4) is 16.9 Å². The molecule has 0 bridgehead atoms. The number of hydrogen-bond acceptors (Lipinski definition) is 4. The fourth-order valence-electron chi connectivity index (χ4n) is 3.94. The highest BCUT2D eigenvalue weighted by molar-refractivity contribution is 6.05. The molecule has 7 nitrogen and oxygen atoms in total. The molecule has 1 atom stereocenters. The van der Waals surface area contributed by atoms with Crippen LogP contribution in [0.15, 0.2) is 54.6 Å². The maximum atomic E-state index is 13.1. The number of anilines is 2. The SMILES string of the molecule is COc1ccccc1N1CC(C(=O)Nc2c(-c3ccccc3)c(C)nn2C)CC1=O. The highest BCUT2D eigenvalue weighted by Crippen LogP contribution is 2.34. The Bertz CT molecular complexity index is 1090. The number of carbonyl (C=O) groups is 2. The number of methoxy groups -OCH3 is 1. The minimum atomic E-state index is -0.457. The number of benzene rings is 2. The Morgan fingerprint density at radius 2 is 1.83 bits per heavy atom. The number of hydrogen-bond donors (Lipinski definition) is 1. The summed E-state index contributed by atoms with van der Waals surface area (Å²) in [6.45, 7) is 2.23. The van der Waals surface area contributed by atoms with Gasteiger partial charge >= 0.3 is 0 Å². The number of ether oxygens (including phenoxy) is 1. The Morgan fingerprint density at radius 1 is 1.13 bits per heavy atom. The van der Waals surface area contributed by atoms with Crippen molar-refractivity contribution >= 4 is 23.3 Å². The summed E-state index contributed by atoms with van der Waals surface area (Å²) in [6.07, 6.45) is 0.154. The van der Waals surface area contributed by atoms with E-state index in [2.05, 4.69) is 10.4 Å². The van der Waals surface area contributed by atoms with Crippen LogP contribution in [-0.4, -0.2) is 35.2 Å². The van der Waals surface area contributed by atoms with Crippen molar-refractivity contribution < 1.29 is 14.3 Å². The lowest BCUT2D eigenvalue weighted by Crippen LogP contribution is -2.29. The number of rotatable bonds is 5. The highest BCUT2D eigenvalue weighted by Gasteiger charge is 2.36. The van der Waals surface area contributed by atoms with E-state index in [1.807, 2.05) is 55.5 Å². The maximum absolute atomic E-state index is 13.1.